The van der Waals surface area contributed by atoms with Crippen LogP contribution < -0.4 is 16.0 Å². The fourth-order valence-corrected chi connectivity index (χ4v) is 5.14. The first-order chi connectivity index (χ1) is 15.0. The minimum absolute atomic E-state index is 0.0232. The topological polar surface area (TPSA) is 66.5 Å². The van der Waals surface area contributed by atoms with E-state index in [0.29, 0.717) is 6.54 Å². The lowest BCUT2D eigenvalue weighted by atomic mass is 9.99. The van der Waals surface area contributed by atoms with E-state index in [0.717, 1.165) is 36.3 Å². The molecule has 2 aromatic carbocycles. The lowest BCUT2D eigenvalue weighted by Gasteiger charge is -2.36. The van der Waals surface area contributed by atoms with Gasteiger partial charge in [0.05, 0.1) is 17.1 Å². The Kier molecular flexibility index (Phi) is 4.89. The lowest BCUT2D eigenvalue weighted by Crippen LogP contribution is -2.50. The molecule has 1 saturated heterocycles. The second kappa shape index (κ2) is 7.61. The molecule has 162 valence electrons. The van der Waals surface area contributed by atoms with Crippen molar-refractivity contribution in [1.82, 2.24) is 9.47 Å². The molecule has 1 amide bonds. The molecule has 0 saturated carbocycles. The van der Waals surface area contributed by atoms with Crippen LogP contribution in [0.2, 0.25) is 0 Å². The SMILES string of the molecule is CCn1c(C2Nc3cc(C(=O)N4CC(N)CCC4C)ccc3N2C)cc2ccccc21. The first-order valence-electron chi connectivity index (χ1n) is 11.3. The van der Waals surface area contributed by atoms with Gasteiger partial charge in [-0.1, -0.05) is 18.2 Å². The van der Waals surface area contributed by atoms with Crippen LogP contribution in [-0.4, -0.2) is 41.1 Å². The molecule has 0 radical (unpaired) electrons. The number of rotatable bonds is 3. The normalized spacial score (nSPS) is 23.2. The number of carbonyl (C=O) groups is 1. The van der Waals surface area contributed by atoms with Gasteiger partial charge >= 0.3 is 0 Å². The van der Waals surface area contributed by atoms with Gasteiger partial charge in [-0.15, -0.1) is 0 Å². The van der Waals surface area contributed by atoms with Gasteiger partial charge in [-0.25, -0.2) is 0 Å². The first kappa shape index (κ1) is 19.9. The third-order valence-corrected chi connectivity index (χ3v) is 6.92. The van der Waals surface area contributed by atoms with Gasteiger partial charge in [-0.2, -0.15) is 0 Å². The van der Waals surface area contributed by atoms with Crippen molar-refractivity contribution in [3.63, 3.8) is 0 Å². The highest BCUT2D eigenvalue weighted by atomic mass is 16.2. The Balaban J connectivity index is 1.46. The number of benzene rings is 2. The average Bonchev–Trinajstić information content (AvgIpc) is 3.31. The van der Waals surface area contributed by atoms with Crippen molar-refractivity contribution in [2.45, 2.75) is 51.5 Å². The molecule has 31 heavy (non-hydrogen) atoms. The number of fused-ring (bicyclic) bond motifs is 2. The van der Waals surface area contributed by atoms with Crippen LogP contribution in [0.25, 0.3) is 10.9 Å². The van der Waals surface area contributed by atoms with E-state index in [1.165, 1.54) is 16.6 Å². The molecule has 5 rings (SSSR count). The highest BCUT2D eigenvalue weighted by Crippen LogP contribution is 2.42. The van der Waals surface area contributed by atoms with E-state index in [1.807, 2.05) is 17.0 Å². The largest absolute Gasteiger partial charge is 0.359 e. The zero-order chi connectivity index (χ0) is 21.7. The van der Waals surface area contributed by atoms with Crippen LogP contribution in [0.5, 0.6) is 0 Å². The van der Waals surface area contributed by atoms with E-state index < -0.39 is 0 Å². The molecule has 2 aliphatic rings. The third kappa shape index (κ3) is 3.26. The van der Waals surface area contributed by atoms with E-state index in [1.54, 1.807) is 0 Å². The van der Waals surface area contributed by atoms with E-state index in [2.05, 4.69) is 72.1 Å². The minimum atomic E-state index is 0.0232. The summed E-state index contributed by atoms with van der Waals surface area (Å²) in [5.74, 6) is 0.0704. The number of amides is 1. The molecular formula is C25H31N5O. The maximum absolute atomic E-state index is 13.2. The summed E-state index contributed by atoms with van der Waals surface area (Å²) < 4.78 is 2.36. The Morgan fingerprint density at radius 2 is 1.97 bits per heavy atom. The maximum Gasteiger partial charge on any atom is 0.254 e. The monoisotopic (exact) mass is 417 g/mol. The quantitative estimate of drug-likeness (QED) is 0.671. The number of aromatic nitrogens is 1. The van der Waals surface area contributed by atoms with Crippen molar-refractivity contribution >= 4 is 28.2 Å². The van der Waals surface area contributed by atoms with E-state index in [9.17, 15) is 4.79 Å². The van der Waals surface area contributed by atoms with E-state index >= 15 is 0 Å². The van der Waals surface area contributed by atoms with Gasteiger partial charge in [0.2, 0.25) is 0 Å². The predicted octanol–water partition coefficient (Wildman–Crippen LogP) is 4.17. The molecule has 3 N–H and O–H groups in total. The second-order valence-electron chi connectivity index (χ2n) is 8.91. The summed E-state index contributed by atoms with van der Waals surface area (Å²) in [5, 5.41) is 4.91. The Bertz CT molecular complexity index is 1140. The fourth-order valence-electron chi connectivity index (χ4n) is 5.14. The molecule has 3 heterocycles. The predicted molar refractivity (Wildman–Crippen MR) is 127 cm³/mol. The molecule has 3 unspecified atom stereocenters. The molecule has 3 aromatic rings. The zero-order valence-corrected chi connectivity index (χ0v) is 18.5. The number of carbonyl (C=O) groups excluding carboxylic acids is 1. The van der Waals surface area contributed by atoms with Crippen LogP contribution >= 0.6 is 0 Å². The number of nitrogens with zero attached hydrogens (tertiary/aromatic N) is 3. The first-order valence-corrected chi connectivity index (χ1v) is 11.3. The standard InChI is InChI=1S/C25H31N5O/c1-4-29-21-8-6-5-7-17(21)14-23(29)24-27-20-13-18(10-12-22(20)28(24)3)25(31)30-15-19(26)11-9-16(30)2/h5-8,10,12-14,16,19,24,27H,4,9,11,15,26H2,1-3H3. The van der Waals surface area contributed by atoms with Crippen LogP contribution in [0.15, 0.2) is 48.5 Å². The zero-order valence-electron chi connectivity index (χ0n) is 18.5. The average molecular weight is 418 g/mol. The molecule has 6 nitrogen and oxygen atoms in total. The smallest absolute Gasteiger partial charge is 0.254 e. The number of piperidine rings is 1. The van der Waals surface area contributed by atoms with Crippen molar-refractivity contribution in [2.24, 2.45) is 5.73 Å². The van der Waals surface area contributed by atoms with E-state index in [-0.39, 0.29) is 24.2 Å². The number of nitrogens with two attached hydrogens (primary N) is 1. The second-order valence-corrected chi connectivity index (χ2v) is 8.91. The van der Waals surface area contributed by atoms with Gasteiger partial charge in [-0.3, -0.25) is 4.79 Å². The van der Waals surface area contributed by atoms with Crippen molar-refractivity contribution in [3.8, 4) is 0 Å². The Labute approximate surface area is 183 Å². The molecule has 0 bridgehead atoms. The molecule has 0 aliphatic carbocycles. The van der Waals surface area contributed by atoms with Crippen LogP contribution in [0.4, 0.5) is 11.4 Å². The van der Waals surface area contributed by atoms with Crippen LogP contribution in [-0.2, 0) is 6.54 Å². The number of hydrogen-bond acceptors (Lipinski definition) is 4. The molecule has 6 heteroatoms. The summed E-state index contributed by atoms with van der Waals surface area (Å²) in [5.41, 5.74) is 11.4. The van der Waals surface area contributed by atoms with Gasteiger partial charge in [-0.05, 0) is 57.0 Å². The number of likely N-dealkylation sites (tertiary alicyclic amines) is 1. The fraction of sp³-hybridized carbons (Fsp3) is 0.400. The lowest BCUT2D eigenvalue weighted by molar-refractivity contribution is 0.0612. The molecular weight excluding hydrogens is 386 g/mol. The number of hydrogen-bond donors (Lipinski definition) is 2. The summed E-state index contributed by atoms with van der Waals surface area (Å²) in [7, 11) is 2.11. The van der Waals surface area contributed by atoms with Crippen molar-refractivity contribution in [3.05, 3.63) is 59.8 Å². The maximum atomic E-state index is 13.2. The van der Waals surface area contributed by atoms with Crippen molar-refractivity contribution in [1.29, 1.82) is 0 Å². The summed E-state index contributed by atoms with van der Waals surface area (Å²) in [6.07, 6.45) is 1.96. The number of para-hydroxylation sites is 1. The van der Waals surface area contributed by atoms with Gasteiger partial charge < -0.3 is 25.4 Å². The Hall–Kier alpha value is -2.99. The Morgan fingerprint density at radius 1 is 1.16 bits per heavy atom. The molecule has 2 aliphatic heterocycles. The van der Waals surface area contributed by atoms with Crippen molar-refractivity contribution in [2.75, 3.05) is 23.8 Å². The minimum Gasteiger partial charge on any atom is -0.359 e. The van der Waals surface area contributed by atoms with Crippen LogP contribution in [0.1, 0.15) is 48.9 Å². The van der Waals surface area contributed by atoms with E-state index in [4.69, 9.17) is 5.73 Å². The molecule has 3 atom stereocenters. The summed E-state index contributed by atoms with van der Waals surface area (Å²) >= 11 is 0. The third-order valence-electron chi connectivity index (χ3n) is 6.92. The highest BCUT2D eigenvalue weighted by Gasteiger charge is 2.32. The van der Waals surface area contributed by atoms with Crippen LogP contribution in [0.3, 0.4) is 0 Å². The number of aryl methyl sites for hydroxylation is 1. The van der Waals surface area contributed by atoms with Gasteiger partial charge in [0.25, 0.3) is 5.91 Å². The van der Waals surface area contributed by atoms with Crippen LogP contribution in [0, 0.1) is 0 Å². The summed E-state index contributed by atoms with van der Waals surface area (Å²) in [6.45, 7) is 5.83. The molecule has 0 spiro atoms. The van der Waals surface area contributed by atoms with Gasteiger partial charge in [0, 0.05) is 48.7 Å². The number of anilines is 2. The van der Waals surface area contributed by atoms with Crippen molar-refractivity contribution < 1.29 is 4.79 Å². The summed E-state index contributed by atoms with van der Waals surface area (Å²) in [4.78, 5) is 17.4. The number of nitrogens with one attached hydrogen (secondary N) is 1. The summed E-state index contributed by atoms with van der Waals surface area (Å²) in [6, 6.07) is 17.1. The highest BCUT2D eigenvalue weighted by molar-refractivity contribution is 5.97. The van der Waals surface area contributed by atoms with Gasteiger partial charge in [0.15, 0.2) is 0 Å². The molecule has 1 aromatic heterocycles. The van der Waals surface area contributed by atoms with Gasteiger partial charge in [0.1, 0.15) is 6.17 Å². The molecule has 1 fully saturated rings. The Morgan fingerprint density at radius 3 is 2.77 bits per heavy atom.